The summed E-state index contributed by atoms with van der Waals surface area (Å²) in [5.74, 6) is -0.842. The standard InChI is InChI=1S/C15H14FNO3S/c1-11-9-13(16)7-8-15(11)21(19,20)17-10-14(18)12-5-3-2-4-6-12/h2-9,17H,10H2,1H3. The van der Waals surface area contributed by atoms with Crippen LogP contribution in [0.5, 0.6) is 0 Å². The maximum atomic E-state index is 13.0. The first-order valence-corrected chi connectivity index (χ1v) is 7.72. The molecule has 0 aromatic heterocycles. The largest absolute Gasteiger partial charge is 0.293 e. The lowest BCUT2D eigenvalue weighted by Crippen LogP contribution is -2.30. The van der Waals surface area contributed by atoms with Crippen LogP contribution in [0.15, 0.2) is 53.4 Å². The number of nitrogens with one attached hydrogen (secondary N) is 1. The fraction of sp³-hybridized carbons (Fsp3) is 0.133. The minimum atomic E-state index is -3.85. The summed E-state index contributed by atoms with van der Waals surface area (Å²) in [6.07, 6.45) is 0. The van der Waals surface area contributed by atoms with E-state index in [0.717, 1.165) is 12.1 Å². The Morgan fingerprint density at radius 2 is 1.81 bits per heavy atom. The number of carbonyl (C=O) groups excluding carboxylic acids is 1. The van der Waals surface area contributed by atoms with E-state index in [1.165, 1.54) is 13.0 Å². The van der Waals surface area contributed by atoms with Crippen LogP contribution in [-0.2, 0) is 10.0 Å². The molecule has 0 fully saturated rings. The van der Waals surface area contributed by atoms with Crippen molar-refractivity contribution in [1.29, 1.82) is 0 Å². The van der Waals surface area contributed by atoms with Crippen LogP contribution < -0.4 is 4.72 Å². The molecular weight excluding hydrogens is 293 g/mol. The van der Waals surface area contributed by atoms with Gasteiger partial charge < -0.3 is 0 Å². The van der Waals surface area contributed by atoms with Crippen molar-refractivity contribution in [3.63, 3.8) is 0 Å². The predicted octanol–water partition coefficient (Wildman–Crippen LogP) is 2.30. The summed E-state index contributed by atoms with van der Waals surface area (Å²) in [7, 11) is -3.85. The van der Waals surface area contributed by atoms with Gasteiger partial charge in [-0.1, -0.05) is 30.3 Å². The molecule has 0 aliphatic heterocycles. The fourth-order valence-corrected chi connectivity index (χ4v) is 3.09. The second kappa shape index (κ2) is 6.15. The lowest BCUT2D eigenvalue weighted by molar-refractivity contribution is 0.0997. The van der Waals surface area contributed by atoms with Crippen LogP contribution in [0.4, 0.5) is 4.39 Å². The number of aryl methyl sites for hydroxylation is 1. The van der Waals surface area contributed by atoms with Crippen LogP contribution in [0.25, 0.3) is 0 Å². The molecule has 2 aromatic rings. The molecule has 0 aliphatic carbocycles. The molecule has 0 bridgehead atoms. The number of ketones is 1. The lowest BCUT2D eigenvalue weighted by atomic mass is 10.1. The molecule has 2 aromatic carbocycles. The van der Waals surface area contributed by atoms with E-state index < -0.39 is 15.8 Å². The first kappa shape index (κ1) is 15.3. The highest BCUT2D eigenvalue weighted by molar-refractivity contribution is 7.89. The third kappa shape index (κ3) is 3.74. The maximum absolute atomic E-state index is 13.0. The van der Waals surface area contributed by atoms with Gasteiger partial charge in [0.1, 0.15) is 5.82 Å². The average Bonchev–Trinajstić information content (AvgIpc) is 2.45. The lowest BCUT2D eigenvalue weighted by Gasteiger charge is -2.09. The quantitative estimate of drug-likeness (QED) is 0.862. The predicted molar refractivity (Wildman–Crippen MR) is 77.1 cm³/mol. The molecule has 0 amide bonds. The van der Waals surface area contributed by atoms with Crippen molar-refractivity contribution >= 4 is 15.8 Å². The zero-order valence-electron chi connectivity index (χ0n) is 11.3. The number of carbonyl (C=O) groups is 1. The third-order valence-corrected chi connectivity index (χ3v) is 4.51. The summed E-state index contributed by atoms with van der Waals surface area (Å²) in [5.41, 5.74) is 0.714. The Kier molecular flexibility index (Phi) is 4.50. The number of halogens is 1. The van der Waals surface area contributed by atoms with Gasteiger partial charge in [-0.25, -0.2) is 17.5 Å². The second-order valence-electron chi connectivity index (χ2n) is 4.52. The summed E-state index contributed by atoms with van der Waals surface area (Å²) in [6, 6.07) is 11.8. The van der Waals surface area contributed by atoms with E-state index in [2.05, 4.69) is 4.72 Å². The summed E-state index contributed by atoms with van der Waals surface area (Å²) in [6.45, 7) is 1.15. The molecule has 0 radical (unpaired) electrons. The number of hydrogen-bond acceptors (Lipinski definition) is 3. The van der Waals surface area contributed by atoms with Crippen LogP contribution in [0.1, 0.15) is 15.9 Å². The van der Waals surface area contributed by atoms with Crippen molar-refractivity contribution in [2.24, 2.45) is 0 Å². The van der Waals surface area contributed by atoms with Crippen LogP contribution in [0.3, 0.4) is 0 Å². The number of rotatable bonds is 5. The number of benzene rings is 2. The second-order valence-corrected chi connectivity index (χ2v) is 6.26. The molecule has 0 atom stereocenters. The van der Waals surface area contributed by atoms with Crippen LogP contribution >= 0.6 is 0 Å². The minimum Gasteiger partial charge on any atom is -0.293 e. The maximum Gasteiger partial charge on any atom is 0.241 e. The Morgan fingerprint density at radius 1 is 1.14 bits per heavy atom. The van der Waals surface area contributed by atoms with Crippen LogP contribution in [0, 0.1) is 12.7 Å². The van der Waals surface area contributed by atoms with Crippen molar-refractivity contribution in [2.45, 2.75) is 11.8 Å². The number of sulfonamides is 1. The van der Waals surface area contributed by atoms with Gasteiger partial charge in [0.15, 0.2) is 5.78 Å². The molecule has 6 heteroatoms. The van der Waals surface area contributed by atoms with E-state index in [1.54, 1.807) is 30.3 Å². The summed E-state index contributed by atoms with van der Waals surface area (Å²) in [4.78, 5) is 11.8. The topological polar surface area (TPSA) is 63.2 Å². The Hall–Kier alpha value is -2.05. The molecule has 21 heavy (non-hydrogen) atoms. The van der Waals surface area contributed by atoms with Gasteiger partial charge in [0.25, 0.3) is 0 Å². The zero-order valence-corrected chi connectivity index (χ0v) is 12.2. The van der Waals surface area contributed by atoms with E-state index in [-0.39, 0.29) is 22.8 Å². The Balaban J connectivity index is 2.13. The fourth-order valence-electron chi connectivity index (χ4n) is 1.88. The molecule has 1 N–H and O–H groups in total. The van der Waals surface area contributed by atoms with Gasteiger partial charge in [0.2, 0.25) is 10.0 Å². The molecular formula is C15H14FNO3S. The highest BCUT2D eigenvalue weighted by Crippen LogP contribution is 2.15. The summed E-state index contributed by atoms with van der Waals surface area (Å²) in [5, 5.41) is 0. The van der Waals surface area contributed by atoms with Crippen molar-refractivity contribution in [2.75, 3.05) is 6.54 Å². The first-order chi connectivity index (χ1) is 9.90. The number of hydrogen-bond donors (Lipinski definition) is 1. The van der Waals surface area contributed by atoms with E-state index in [4.69, 9.17) is 0 Å². The van der Waals surface area contributed by atoms with E-state index in [0.29, 0.717) is 5.56 Å². The minimum absolute atomic E-state index is 0.0373. The van der Waals surface area contributed by atoms with Gasteiger partial charge in [-0.2, -0.15) is 0 Å². The molecule has 4 nitrogen and oxygen atoms in total. The van der Waals surface area contributed by atoms with E-state index in [9.17, 15) is 17.6 Å². The Morgan fingerprint density at radius 3 is 2.43 bits per heavy atom. The van der Waals surface area contributed by atoms with Crippen molar-refractivity contribution in [3.8, 4) is 0 Å². The van der Waals surface area contributed by atoms with Crippen molar-refractivity contribution in [1.82, 2.24) is 4.72 Å². The molecule has 0 saturated carbocycles. The molecule has 0 unspecified atom stereocenters. The molecule has 110 valence electrons. The molecule has 0 heterocycles. The highest BCUT2D eigenvalue weighted by Gasteiger charge is 2.18. The van der Waals surface area contributed by atoms with Gasteiger partial charge in [-0.05, 0) is 30.7 Å². The molecule has 2 rings (SSSR count). The smallest absolute Gasteiger partial charge is 0.241 e. The van der Waals surface area contributed by atoms with Crippen LogP contribution in [-0.4, -0.2) is 20.7 Å². The number of Topliss-reactive ketones (excluding diaryl/α,β-unsaturated/α-hetero) is 1. The zero-order chi connectivity index (χ0) is 15.5. The van der Waals surface area contributed by atoms with E-state index in [1.807, 2.05) is 0 Å². The SMILES string of the molecule is Cc1cc(F)ccc1S(=O)(=O)NCC(=O)c1ccccc1. The normalized spacial score (nSPS) is 11.3. The first-order valence-electron chi connectivity index (χ1n) is 6.24. The molecule has 0 aliphatic rings. The summed E-state index contributed by atoms with van der Waals surface area (Å²) >= 11 is 0. The van der Waals surface area contributed by atoms with E-state index >= 15 is 0 Å². The Labute approximate surface area is 122 Å². The van der Waals surface area contributed by atoms with Gasteiger partial charge in [0, 0.05) is 5.56 Å². The Bertz CT molecular complexity index is 758. The summed E-state index contributed by atoms with van der Waals surface area (Å²) < 4.78 is 39.5. The van der Waals surface area contributed by atoms with Gasteiger partial charge in [0.05, 0.1) is 11.4 Å². The van der Waals surface area contributed by atoms with Crippen molar-refractivity contribution < 1.29 is 17.6 Å². The molecule has 0 spiro atoms. The average molecular weight is 307 g/mol. The third-order valence-electron chi connectivity index (χ3n) is 2.95. The van der Waals surface area contributed by atoms with Gasteiger partial charge in [-0.3, -0.25) is 4.79 Å². The highest BCUT2D eigenvalue weighted by atomic mass is 32.2. The van der Waals surface area contributed by atoms with Gasteiger partial charge >= 0.3 is 0 Å². The van der Waals surface area contributed by atoms with Crippen LogP contribution in [0.2, 0.25) is 0 Å². The van der Waals surface area contributed by atoms with Gasteiger partial charge in [-0.15, -0.1) is 0 Å². The monoisotopic (exact) mass is 307 g/mol. The molecule has 0 saturated heterocycles. The van der Waals surface area contributed by atoms with Crippen molar-refractivity contribution in [3.05, 3.63) is 65.5 Å².